The smallest absolute Gasteiger partial charge is 0.302 e. The molecular weight excluding hydrogens is 479 g/mol. The molecule has 0 amide bonds. The van der Waals surface area contributed by atoms with Gasteiger partial charge in [-0.2, -0.15) is 0 Å². The van der Waals surface area contributed by atoms with Gasteiger partial charge in [-0.1, -0.05) is 90.1 Å². The van der Waals surface area contributed by atoms with Gasteiger partial charge in [-0.15, -0.1) is 0 Å². The molecule has 4 bridgehead atoms. The van der Waals surface area contributed by atoms with Crippen molar-refractivity contribution in [3.05, 3.63) is 59.7 Å². The summed E-state index contributed by atoms with van der Waals surface area (Å²) in [6.07, 6.45) is 6.20. The van der Waals surface area contributed by atoms with Crippen molar-refractivity contribution in [2.75, 3.05) is 0 Å². The molecule has 6 atom stereocenters. The van der Waals surface area contributed by atoms with Crippen LogP contribution < -0.4 is 0 Å². The lowest BCUT2D eigenvalue weighted by Crippen LogP contribution is -2.54. The summed E-state index contributed by atoms with van der Waals surface area (Å²) in [5, 5.41) is 0. The Morgan fingerprint density at radius 2 is 1.08 bits per heavy atom. The number of phosphoric acid groups is 1. The topological polar surface area (TPSA) is 55.8 Å². The fourth-order valence-corrected chi connectivity index (χ4v) is 12.6. The molecule has 6 unspecified atom stereocenters. The maximum atomic E-state index is 14.6. The Morgan fingerprint density at radius 1 is 0.703 bits per heavy atom. The van der Waals surface area contributed by atoms with Gasteiger partial charge in [-0.25, -0.2) is 4.57 Å². The first kappa shape index (κ1) is 24.6. The zero-order valence-electron chi connectivity index (χ0n) is 23.1. The predicted molar refractivity (Wildman–Crippen MR) is 146 cm³/mol. The van der Waals surface area contributed by atoms with E-state index in [2.05, 4.69) is 90.1 Å². The van der Waals surface area contributed by atoms with E-state index in [0.29, 0.717) is 11.8 Å². The molecule has 0 aromatic heterocycles. The van der Waals surface area contributed by atoms with Gasteiger partial charge in [-0.3, -0.25) is 9.05 Å². The zero-order chi connectivity index (χ0) is 26.3. The Kier molecular flexibility index (Phi) is 4.65. The largest absolute Gasteiger partial charge is 0.474 e. The van der Waals surface area contributed by atoms with Crippen molar-refractivity contribution in [3.8, 4) is 11.1 Å². The number of rotatable bonds is 0. The number of fused-ring (bicyclic) bond motifs is 11. The third-order valence-electron chi connectivity index (χ3n) is 12.4. The minimum atomic E-state index is -4.53. The van der Waals surface area contributed by atoms with E-state index < -0.39 is 19.0 Å². The van der Waals surface area contributed by atoms with E-state index in [1.54, 1.807) is 0 Å². The summed E-state index contributed by atoms with van der Waals surface area (Å²) in [7, 11) is -4.53. The molecule has 0 radical (unpaired) electrons. The van der Waals surface area contributed by atoms with Gasteiger partial charge in [0.1, 0.15) is 11.2 Å². The van der Waals surface area contributed by atoms with Crippen molar-refractivity contribution < 1.29 is 18.5 Å². The first-order chi connectivity index (χ1) is 17.2. The molecule has 37 heavy (non-hydrogen) atoms. The van der Waals surface area contributed by atoms with Gasteiger partial charge < -0.3 is 4.89 Å². The minimum absolute atomic E-state index is 0.264. The van der Waals surface area contributed by atoms with Crippen LogP contribution in [0, 0.1) is 33.5 Å². The van der Waals surface area contributed by atoms with Crippen LogP contribution in [0.2, 0.25) is 0 Å². The van der Waals surface area contributed by atoms with Crippen molar-refractivity contribution in [1.29, 1.82) is 0 Å². The first-order valence-electron chi connectivity index (χ1n) is 14.2. The van der Waals surface area contributed by atoms with E-state index in [1.807, 2.05) is 0 Å². The highest BCUT2D eigenvalue weighted by Gasteiger charge is 2.76. The van der Waals surface area contributed by atoms with Gasteiger partial charge >= 0.3 is 7.82 Å². The Morgan fingerprint density at radius 3 is 1.43 bits per heavy atom. The molecule has 0 saturated heterocycles. The SMILES string of the molecule is CC12CCC(C1)C(C)(C)C21OP(=O)(O)OC2(c3ccccc3-c3ccccc31)C1(C)CCC(C1)C2(C)C. The molecule has 2 aromatic rings. The molecular formula is C32H41O4P. The number of benzene rings is 2. The number of phosphoric ester groups is 1. The summed E-state index contributed by atoms with van der Waals surface area (Å²) in [5.41, 5.74) is 1.24. The maximum Gasteiger partial charge on any atom is 0.474 e. The second-order valence-electron chi connectivity index (χ2n) is 14.5. The molecule has 2 spiro atoms. The Bertz CT molecular complexity index is 1250. The first-order valence-corrected chi connectivity index (χ1v) is 15.7. The van der Waals surface area contributed by atoms with Crippen LogP contribution in [0.5, 0.6) is 0 Å². The molecule has 198 valence electrons. The van der Waals surface area contributed by atoms with E-state index in [0.717, 1.165) is 60.8 Å². The number of hydrogen-bond donors (Lipinski definition) is 1. The standard InChI is InChI=1S/C32H41O4P/c1-27(2)21-15-17-29(5,19-21)31(27)25-13-9-7-11-23(25)24-12-8-10-14-26(24)32(36-37(33,34)35-31)28(3,4)22-16-18-30(32,6)20-22/h7-14,21-22H,15-20H2,1-6H3,(H,33,34). The van der Waals surface area contributed by atoms with Crippen molar-refractivity contribution in [2.24, 2.45) is 33.5 Å². The summed E-state index contributed by atoms with van der Waals surface area (Å²) < 4.78 is 28.3. The fourth-order valence-electron chi connectivity index (χ4n) is 10.8. The normalized spacial score (nSPS) is 46.5. The van der Waals surface area contributed by atoms with Gasteiger partial charge in [-0.05, 0) is 72.6 Å². The van der Waals surface area contributed by atoms with Gasteiger partial charge in [0.15, 0.2) is 0 Å². The highest BCUT2D eigenvalue weighted by Crippen LogP contribution is 2.81. The highest BCUT2D eigenvalue weighted by molar-refractivity contribution is 7.47. The van der Waals surface area contributed by atoms with E-state index in [9.17, 15) is 9.46 Å². The second-order valence-corrected chi connectivity index (χ2v) is 15.9. The monoisotopic (exact) mass is 520 g/mol. The molecule has 4 aliphatic carbocycles. The van der Waals surface area contributed by atoms with Gasteiger partial charge in [0.25, 0.3) is 0 Å². The Balaban J connectivity index is 1.61. The summed E-state index contributed by atoms with van der Waals surface area (Å²) >= 11 is 0. The average molecular weight is 521 g/mol. The van der Waals surface area contributed by atoms with Crippen LogP contribution >= 0.6 is 7.82 Å². The van der Waals surface area contributed by atoms with Crippen LogP contribution in [0.3, 0.4) is 0 Å². The molecule has 4 nitrogen and oxygen atoms in total. The lowest BCUT2D eigenvalue weighted by atomic mass is 9.55. The van der Waals surface area contributed by atoms with Gasteiger partial charge in [0.2, 0.25) is 0 Å². The van der Waals surface area contributed by atoms with Crippen molar-refractivity contribution in [2.45, 2.75) is 91.3 Å². The van der Waals surface area contributed by atoms with Crippen molar-refractivity contribution >= 4 is 7.82 Å². The molecule has 5 aliphatic rings. The zero-order valence-corrected chi connectivity index (χ0v) is 24.0. The van der Waals surface area contributed by atoms with E-state index in [-0.39, 0.29) is 21.7 Å². The lowest BCUT2D eigenvalue weighted by Gasteiger charge is -2.56. The molecule has 5 heteroatoms. The lowest BCUT2D eigenvalue weighted by molar-refractivity contribution is -0.179. The number of hydrogen-bond acceptors (Lipinski definition) is 3. The second kappa shape index (κ2) is 7.00. The summed E-state index contributed by atoms with van der Waals surface area (Å²) in [4.78, 5) is 12.0. The summed E-state index contributed by atoms with van der Waals surface area (Å²) in [5.74, 6) is 0.846. The van der Waals surface area contributed by atoms with Crippen LogP contribution in [-0.4, -0.2) is 4.89 Å². The molecule has 2 aromatic carbocycles. The van der Waals surface area contributed by atoms with E-state index in [4.69, 9.17) is 9.05 Å². The van der Waals surface area contributed by atoms with Crippen molar-refractivity contribution in [1.82, 2.24) is 0 Å². The molecule has 1 N–H and O–H groups in total. The van der Waals surface area contributed by atoms with Crippen LogP contribution in [0.25, 0.3) is 11.1 Å². The van der Waals surface area contributed by atoms with E-state index in [1.165, 1.54) is 0 Å². The van der Waals surface area contributed by atoms with E-state index >= 15 is 0 Å². The quantitative estimate of drug-likeness (QED) is 0.354. The van der Waals surface area contributed by atoms with Gasteiger partial charge in [0.05, 0.1) is 0 Å². The van der Waals surface area contributed by atoms with Crippen LogP contribution in [0.1, 0.15) is 91.2 Å². The Hall–Kier alpha value is -1.45. The molecule has 1 heterocycles. The Labute approximate surface area is 221 Å². The van der Waals surface area contributed by atoms with Crippen LogP contribution in [0.15, 0.2) is 48.5 Å². The third kappa shape index (κ3) is 2.60. The summed E-state index contributed by atoms with van der Waals surface area (Å²) in [6.45, 7) is 13.6. The molecule has 1 aliphatic heterocycles. The summed E-state index contributed by atoms with van der Waals surface area (Å²) in [6, 6.07) is 17.1. The van der Waals surface area contributed by atoms with Crippen LogP contribution in [-0.2, 0) is 24.8 Å². The molecule has 7 rings (SSSR count). The minimum Gasteiger partial charge on any atom is -0.302 e. The average Bonchev–Trinajstić information content (AvgIpc) is 3.52. The van der Waals surface area contributed by atoms with Crippen LogP contribution in [0.4, 0.5) is 0 Å². The third-order valence-corrected chi connectivity index (χ3v) is 13.5. The molecule has 4 saturated carbocycles. The molecule has 4 fully saturated rings. The fraction of sp³-hybridized carbons (Fsp3) is 0.625. The van der Waals surface area contributed by atoms with Gasteiger partial charge in [0, 0.05) is 21.7 Å². The van der Waals surface area contributed by atoms with Crippen molar-refractivity contribution in [3.63, 3.8) is 0 Å². The predicted octanol–water partition coefficient (Wildman–Crippen LogP) is 8.58. The highest BCUT2D eigenvalue weighted by atomic mass is 31.2. The maximum absolute atomic E-state index is 14.6.